The lowest BCUT2D eigenvalue weighted by molar-refractivity contribution is 0.0525. The zero-order chi connectivity index (χ0) is 13.1. The molecule has 0 bridgehead atoms. The highest BCUT2D eigenvalue weighted by Crippen LogP contribution is 2.49. The molecule has 4 nitrogen and oxygen atoms in total. The molecule has 0 atom stereocenters. The fourth-order valence-electron chi connectivity index (χ4n) is 2.05. The van der Waals surface area contributed by atoms with E-state index < -0.39 is 0 Å². The van der Waals surface area contributed by atoms with Gasteiger partial charge in [-0.1, -0.05) is 0 Å². The molecular formula is C14H18O4. The summed E-state index contributed by atoms with van der Waals surface area (Å²) in [4.78, 5) is 11.7. The SMILES string of the molecule is CCOC(=O)c1cc(OC)c(C2CC2)c(OC)c1. The highest BCUT2D eigenvalue weighted by molar-refractivity contribution is 5.91. The molecule has 1 aliphatic carbocycles. The molecule has 1 aliphatic rings. The van der Waals surface area contributed by atoms with Crippen molar-refractivity contribution >= 4 is 5.97 Å². The summed E-state index contributed by atoms with van der Waals surface area (Å²) < 4.78 is 15.7. The van der Waals surface area contributed by atoms with Gasteiger partial charge in [0.2, 0.25) is 0 Å². The first-order valence-electron chi connectivity index (χ1n) is 6.14. The largest absolute Gasteiger partial charge is 0.496 e. The van der Waals surface area contributed by atoms with Crippen LogP contribution in [0.4, 0.5) is 0 Å². The molecule has 0 unspecified atom stereocenters. The Labute approximate surface area is 107 Å². The smallest absolute Gasteiger partial charge is 0.338 e. The van der Waals surface area contributed by atoms with Crippen LogP contribution in [0.2, 0.25) is 0 Å². The molecule has 0 amide bonds. The maximum absolute atomic E-state index is 11.7. The maximum Gasteiger partial charge on any atom is 0.338 e. The lowest BCUT2D eigenvalue weighted by atomic mass is 10.0. The Hall–Kier alpha value is -1.71. The Morgan fingerprint density at radius 2 is 1.78 bits per heavy atom. The Balaban J connectivity index is 2.42. The Morgan fingerprint density at radius 1 is 1.22 bits per heavy atom. The number of carbonyl (C=O) groups is 1. The van der Waals surface area contributed by atoms with E-state index in [0.717, 1.165) is 18.4 Å². The van der Waals surface area contributed by atoms with Gasteiger partial charge in [-0.3, -0.25) is 0 Å². The van der Waals surface area contributed by atoms with E-state index in [1.807, 2.05) is 0 Å². The number of ether oxygens (including phenoxy) is 3. The van der Waals surface area contributed by atoms with Crippen molar-refractivity contribution in [3.8, 4) is 11.5 Å². The van der Waals surface area contributed by atoms with Gasteiger partial charge in [-0.05, 0) is 37.8 Å². The highest BCUT2D eigenvalue weighted by atomic mass is 16.5. The van der Waals surface area contributed by atoms with Crippen LogP contribution in [0.25, 0.3) is 0 Å². The van der Waals surface area contributed by atoms with Gasteiger partial charge in [0.05, 0.1) is 26.4 Å². The van der Waals surface area contributed by atoms with E-state index in [4.69, 9.17) is 14.2 Å². The predicted molar refractivity (Wildman–Crippen MR) is 67.5 cm³/mol. The standard InChI is InChI=1S/C14H18O4/c1-4-18-14(15)10-7-11(16-2)13(9-5-6-9)12(8-10)17-3/h7-9H,4-6H2,1-3H3. The van der Waals surface area contributed by atoms with Crippen molar-refractivity contribution in [2.75, 3.05) is 20.8 Å². The third-order valence-corrected chi connectivity index (χ3v) is 3.04. The van der Waals surface area contributed by atoms with Gasteiger partial charge in [-0.25, -0.2) is 4.79 Å². The summed E-state index contributed by atoms with van der Waals surface area (Å²) in [5, 5.41) is 0. The zero-order valence-corrected chi connectivity index (χ0v) is 11.0. The fourth-order valence-corrected chi connectivity index (χ4v) is 2.05. The summed E-state index contributed by atoms with van der Waals surface area (Å²) in [5.74, 6) is 1.56. The summed E-state index contributed by atoms with van der Waals surface area (Å²) in [6.07, 6.45) is 2.29. The van der Waals surface area contributed by atoms with Gasteiger partial charge in [0.25, 0.3) is 0 Å². The number of methoxy groups -OCH3 is 2. The second-order valence-electron chi connectivity index (χ2n) is 4.29. The fraction of sp³-hybridized carbons (Fsp3) is 0.500. The molecule has 0 N–H and O–H groups in total. The lowest BCUT2D eigenvalue weighted by Crippen LogP contribution is -2.06. The zero-order valence-electron chi connectivity index (χ0n) is 11.0. The van der Waals surface area contributed by atoms with Crippen LogP contribution in [0.3, 0.4) is 0 Å². The molecule has 98 valence electrons. The molecule has 0 radical (unpaired) electrons. The van der Waals surface area contributed by atoms with E-state index >= 15 is 0 Å². The van der Waals surface area contributed by atoms with Gasteiger partial charge in [-0.2, -0.15) is 0 Å². The Kier molecular flexibility index (Phi) is 3.75. The van der Waals surface area contributed by atoms with Gasteiger partial charge in [0, 0.05) is 5.56 Å². The molecule has 0 saturated heterocycles. The van der Waals surface area contributed by atoms with Crippen LogP contribution in [0.15, 0.2) is 12.1 Å². The van der Waals surface area contributed by atoms with Crippen LogP contribution in [0, 0.1) is 0 Å². The quantitative estimate of drug-likeness (QED) is 0.754. The normalized spacial score (nSPS) is 14.2. The molecule has 0 spiro atoms. The van der Waals surface area contributed by atoms with Crippen LogP contribution >= 0.6 is 0 Å². The average molecular weight is 250 g/mol. The lowest BCUT2D eigenvalue weighted by Gasteiger charge is -2.14. The van der Waals surface area contributed by atoms with Gasteiger partial charge in [0.1, 0.15) is 11.5 Å². The summed E-state index contributed by atoms with van der Waals surface area (Å²) in [7, 11) is 3.21. The van der Waals surface area contributed by atoms with Crippen molar-refractivity contribution in [1.82, 2.24) is 0 Å². The molecule has 0 heterocycles. The predicted octanol–water partition coefficient (Wildman–Crippen LogP) is 2.76. The van der Waals surface area contributed by atoms with Crippen molar-refractivity contribution in [2.24, 2.45) is 0 Å². The molecule has 0 aromatic heterocycles. The number of hydrogen-bond acceptors (Lipinski definition) is 4. The molecule has 4 heteroatoms. The minimum Gasteiger partial charge on any atom is -0.496 e. The van der Waals surface area contributed by atoms with Crippen LogP contribution in [-0.4, -0.2) is 26.8 Å². The van der Waals surface area contributed by atoms with Crippen LogP contribution < -0.4 is 9.47 Å². The second-order valence-corrected chi connectivity index (χ2v) is 4.29. The first kappa shape index (κ1) is 12.7. The van der Waals surface area contributed by atoms with Crippen molar-refractivity contribution < 1.29 is 19.0 Å². The van der Waals surface area contributed by atoms with Gasteiger partial charge in [0.15, 0.2) is 0 Å². The van der Waals surface area contributed by atoms with Crippen LogP contribution in [0.1, 0.15) is 41.6 Å². The highest BCUT2D eigenvalue weighted by Gasteiger charge is 2.31. The number of benzene rings is 1. The molecule has 1 aromatic rings. The monoisotopic (exact) mass is 250 g/mol. The van der Waals surface area contributed by atoms with E-state index in [1.165, 1.54) is 0 Å². The van der Waals surface area contributed by atoms with Crippen molar-refractivity contribution in [1.29, 1.82) is 0 Å². The first-order chi connectivity index (χ1) is 8.71. The Bertz CT molecular complexity index is 424. The van der Waals surface area contributed by atoms with E-state index in [9.17, 15) is 4.79 Å². The van der Waals surface area contributed by atoms with Crippen molar-refractivity contribution in [3.63, 3.8) is 0 Å². The average Bonchev–Trinajstić information content (AvgIpc) is 3.21. The van der Waals surface area contributed by atoms with Crippen molar-refractivity contribution in [2.45, 2.75) is 25.7 Å². The molecule has 1 saturated carbocycles. The third kappa shape index (κ3) is 2.42. The van der Waals surface area contributed by atoms with E-state index in [1.54, 1.807) is 33.3 Å². The molecule has 1 fully saturated rings. The minimum atomic E-state index is -0.351. The molecule has 2 rings (SSSR count). The van der Waals surface area contributed by atoms with Gasteiger partial charge in [-0.15, -0.1) is 0 Å². The Morgan fingerprint density at radius 3 is 2.17 bits per heavy atom. The summed E-state index contributed by atoms with van der Waals surface area (Å²) in [6.45, 7) is 2.14. The summed E-state index contributed by atoms with van der Waals surface area (Å²) in [5.41, 5.74) is 1.53. The topological polar surface area (TPSA) is 44.8 Å². The molecule has 1 aromatic carbocycles. The van der Waals surface area contributed by atoms with Crippen LogP contribution in [-0.2, 0) is 4.74 Å². The summed E-state index contributed by atoms with van der Waals surface area (Å²) >= 11 is 0. The maximum atomic E-state index is 11.7. The van der Waals surface area contributed by atoms with E-state index in [-0.39, 0.29) is 5.97 Å². The van der Waals surface area contributed by atoms with Crippen molar-refractivity contribution in [3.05, 3.63) is 23.3 Å². The molecule has 0 aliphatic heterocycles. The third-order valence-electron chi connectivity index (χ3n) is 3.04. The summed E-state index contributed by atoms with van der Waals surface area (Å²) in [6, 6.07) is 3.46. The number of carbonyl (C=O) groups excluding carboxylic acids is 1. The van der Waals surface area contributed by atoms with Gasteiger partial charge < -0.3 is 14.2 Å². The second kappa shape index (κ2) is 5.29. The first-order valence-corrected chi connectivity index (χ1v) is 6.14. The number of hydrogen-bond donors (Lipinski definition) is 0. The number of rotatable bonds is 5. The van der Waals surface area contributed by atoms with E-state index in [2.05, 4.69) is 0 Å². The van der Waals surface area contributed by atoms with E-state index in [0.29, 0.717) is 29.6 Å². The minimum absolute atomic E-state index is 0.351. The molecular weight excluding hydrogens is 232 g/mol. The molecule has 18 heavy (non-hydrogen) atoms. The van der Waals surface area contributed by atoms with Crippen LogP contribution in [0.5, 0.6) is 11.5 Å². The number of esters is 1. The van der Waals surface area contributed by atoms with Gasteiger partial charge >= 0.3 is 5.97 Å².